The van der Waals surface area contributed by atoms with E-state index < -0.39 is 5.60 Å². The van der Waals surface area contributed by atoms with E-state index in [0.29, 0.717) is 6.04 Å². The number of hydrogen-bond acceptors (Lipinski definition) is 3. The van der Waals surface area contributed by atoms with Crippen LogP contribution >= 0.6 is 15.9 Å². The average molecular weight is 397 g/mol. The molecule has 0 aliphatic carbocycles. The van der Waals surface area contributed by atoms with Gasteiger partial charge in [-0.1, -0.05) is 34.1 Å². The molecule has 0 radical (unpaired) electrons. The minimum atomic E-state index is -0.430. The van der Waals surface area contributed by atoms with Crippen LogP contribution in [0.3, 0.4) is 0 Å². The van der Waals surface area contributed by atoms with Crippen molar-refractivity contribution in [1.82, 2.24) is 9.80 Å². The fourth-order valence-electron chi connectivity index (χ4n) is 2.99. The molecule has 1 amide bonds. The Bertz CT molecular complexity index is 557. The lowest BCUT2D eigenvalue weighted by Gasteiger charge is -2.40. The van der Waals surface area contributed by atoms with Crippen LogP contribution in [-0.2, 0) is 11.2 Å². The molecule has 4 nitrogen and oxygen atoms in total. The largest absolute Gasteiger partial charge is 0.444 e. The first-order valence-corrected chi connectivity index (χ1v) is 9.51. The lowest BCUT2D eigenvalue weighted by atomic mass is 10.1. The van der Waals surface area contributed by atoms with E-state index in [-0.39, 0.29) is 6.09 Å². The predicted octanol–water partition coefficient (Wildman–Crippen LogP) is 4.32. The predicted molar refractivity (Wildman–Crippen MR) is 101 cm³/mol. The monoisotopic (exact) mass is 396 g/mol. The highest BCUT2D eigenvalue weighted by molar-refractivity contribution is 9.10. The third-order valence-electron chi connectivity index (χ3n) is 4.27. The Labute approximate surface area is 154 Å². The molecular weight excluding hydrogens is 368 g/mol. The van der Waals surface area contributed by atoms with Gasteiger partial charge in [0.1, 0.15) is 5.60 Å². The molecule has 1 aromatic carbocycles. The van der Waals surface area contributed by atoms with Crippen LogP contribution in [0.25, 0.3) is 0 Å². The number of piperazine rings is 1. The zero-order valence-electron chi connectivity index (χ0n) is 15.2. The minimum absolute atomic E-state index is 0.192. The van der Waals surface area contributed by atoms with Gasteiger partial charge >= 0.3 is 6.09 Å². The van der Waals surface area contributed by atoms with Crippen LogP contribution in [0.1, 0.15) is 39.7 Å². The summed E-state index contributed by atoms with van der Waals surface area (Å²) < 4.78 is 6.66. The lowest BCUT2D eigenvalue weighted by molar-refractivity contribution is 0.00571. The molecule has 1 aromatic rings. The Kier molecular flexibility index (Phi) is 6.70. The van der Waals surface area contributed by atoms with Gasteiger partial charge in [-0.25, -0.2) is 4.79 Å². The summed E-state index contributed by atoms with van der Waals surface area (Å²) in [6, 6.07) is 8.77. The molecular formula is C19H29BrN2O2. The summed E-state index contributed by atoms with van der Waals surface area (Å²) in [5, 5.41) is 0. The summed E-state index contributed by atoms with van der Waals surface area (Å²) in [6.07, 6.45) is 2.00. The van der Waals surface area contributed by atoms with Gasteiger partial charge in [0.25, 0.3) is 0 Å². The second-order valence-electron chi connectivity index (χ2n) is 7.51. The van der Waals surface area contributed by atoms with E-state index >= 15 is 0 Å². The first-order valence-electron chi connectivity index (χ1n) is 8.71. The van der Waals surface area contributed by atoms with Crippen molar-refractivity contribution >= 4 is 22.0 Å². The van der Waals surface area contributed by atoms with E-state index in [9.17, 15) is 4.79 Å². The van der Waals surface area contributed by atoms with Gasteiger partial charge in [-0.3, -0.25) is 4.90 Å². The number of benzene rings is 1. The van der Waals surface area contributed by atoms with Crippen LogP contribution in [0.4, 0.5) is 4.79 Å². The standard InChI is InChI=1S/C19H29BrN2O2/c1-15-14-22(18(23)24-19(2,3)4)13-12-21(15)11-7-9-16-8-5-6-10-17(16)20/h5-6,8,10,15H,7,9,11-14H2,1-4H3/t15-/m0/s1. The summed E-state index contributed by atoms with van der Waals surface area (Å²) in [5.74, 6) is 0. The van der Waals surface area contributed by atoms with Crippen molar-refractivity contribution in [1.29, 1.82) is 0 Å². The first-order chi connectivity index (χ1) is 11.3. The lowest BCUT2D eigenvalue weighted by Crippen LogP contribution is -2.54. The summed E-state index contributed by atoms with van der Waals surface area (Å²) in [5.41, 5.74) is 0.929. The number of carbonyl (C=O) groups is 1. The molecule has 2 rings (SSSR count). The molecule has 1 atom stereocenters. The van der Waals surface area contributed by atoms with E-state index in [4.69, 9.17) is 4.74 Å². The van der Waals surface area contributed by atoms with E-state index in [2.05, 4.69) is 46.0 Å². The SMILES string of the molecule is C[C@H]1CN(C(=O)OC(C)(C)C)CCN1CCCc1ccccc1Br. The number of nitrogens with zero attached hydrogens (tertiary/aromatic N) is 2. The van der Waals surface area contributed by atoms with Crippen molar-refractivity contribution in [2.75, 3.05) is 26.2 Å². The number of hydrogen-bond donors (Lipinski definition) is 0. The Balaban J connectivity index is 1.77. The van der Waals surface area contributed by atoms with Crippen molar-refractivity contribution < 1.29 is 9.53 Å². The van der Waals surface area contributed by atoms with E-state index in [1.165, 1.54) is 10.0 Å². The zero-order chi connectivity index (χ0) is 17.7. The van der Waals surface area contributed by atoms with Crippen LogP contribution in [0, 0.1) is 0 Å². The third kappa shape index (κ3) is 5.78. The quantitative estimate of drug-likeness (QED) is 0.759. The zero-order valence-corrected chi connectivity index (χ0v) is 16.8. The number of ether oxygens (including phenoxy) is 1. The van der Waals surface area contributed by atoms with Crippen LogP contribution in [0.15, 0.2) is 28.7 Å². The van der Waals surface area contributed by atoms with Crippen molar-refractivity contribution in [2.24, 2.45) is 0 Å². The molecule has 1 saturated heterocycles. The Morgan fingerprint density at radius 3 is 2.62 bits per heavy atom. The highest BCUT2D eigenvalue weighted by Gasteiger charge is 2.29. The maximum Gasteiger partial charge on any atom is 0.410 e. The summed E-state index contributed by atoms with van der Waals surface area (Å²) in [7, 11) is 0. The first kappa shape index (κ1) is 19.3. The second kappa shape index (κ2) is 8.34. The summed E-state index contributed by atoms with van der Waals surface area (Å²) in [4.78, 5) is 16.5. The fraction of sp³-hybridized carbons (Fsp3) is 0.632. The molecule has 1 aliphatic rings. The Hall–Kier alpha value is -1.07. The maximum atomic E-state index is 12.2. The topological polar surface area (TPSA) is 32.8 Å². The molecule has 0 bridgehead atoms. The van der Waals surface area contributed by atoms with Crippen molar-refractivity contribution in [3.63, 3.8) is 0 Å². The Morgan fingerprint density at radius 2 is 2.00 bits per heavy atom. The highest BCUT2D eigenvalue weighted by Crippen LogP contribution is 2.19. The molecule has 0 aromatic heterocycles. The number of aryl methyl sites for hydroxylation is 1. The molecule has 5 heteroatoms. The Morgan fingerprint density at radius 1 is 1.29 bits per heavy atom. The second-order valence-corrected chi connectivity index (χ2v) is 8.36. The highest BCUT2D eigenvalue weighted by atomic mass is 79.9. The van der Waals surface area contributed by atoms with Gasteiger partial charge in [0.2, 0.25) is 0 Å². The van der Waals surface area contributed by atoms with E-state index in [1.54, 1.807) is 0 Å². The number of rotatable bonds is 4. The van der Waals surface area contributed by atoms with Crippen LogP contribution in [-0.4, -0.2) is 53.7 Å². The molecule has 24 heavy (non-hydrogen) atoms. The normalized spacial score (nSPS) is 19.4. The van der Waals surface area contributed by atoms with Crippen LogP contribution < -0.4 is 0 Å². The van der Waals surface area contributed by atoms with Gasteiger partial charge in [-0.05, 0) is 58.7 Å². The summed E-state index contributed by atoms with van der Waals surface area (Å²) in [6.45, 7) is 11.4. The van der Waals surface area contributed by atoms with Crippen LogP contribution in [0.2, 0.25) is 0 Å². The molecule has 0 unspecified atom stereocenters. The van der Waals surface area contributed by atoms with Gasteiger partial charge in [-0.2, -0.15) is 0 Å². The van der Waals surface area contributed by atoms with Crippen molar-refractivity contribution in [3.8, 4) is 0 Å². The van der Waals surface area contributed by atoms with E-state index in [0.717, 1.165) is 39.0 Å². The number of halogens is 1. The fourth-order valence-corrected chi connectivity index (χ4v) is 3.48. The molecule has 0 spiro atoms. The number of amides is 1. The van der Waals surface area contributed by atoms with Crippen LogP contribution in [0.5, 0.6) is 0 Å². The molecule has 0 N–H and O–H groups in total. The smallest absolute Gasteiger partial charge is 0.410 e. The van der Waals surface area contributed by atoms with Gasteiger partial charge in [0.05, 0.1) is 0 Å². The molecule has 1 aliphatic heterocycles. The third-order valence-corrected chi connectivity index (χ3v) is 5.04. The molecule has 1 fully saturated rings. The summed E-state index contributed by atoms with van der Waals surface area (Å²) >= 11 is 3.61. The van der Waals surface area contributed by atoms with Gasteiger partial charge in [-0.15, -0.1) is 0 Å². The van der Waals surface area contributed by atoms with Crippen molar-refractivity contribution in [3.05, 3.63) is 34.3 Å². The van der Waals surface area contributed by atoms with Gasteiger partial charge in [0.15, 0.2) is 0 Å². The molecule has 0 saturated carbocycles. The van der Waals surface area contributed by atoms with Gasteiger partial charge < -0.3 is 9.64 Å². The van der Waals surface area contributed by atoms with Crippen molar-refractivity contribution in [2.45, 2.75) is 52.2 Å². The average Bonchev–Trinajstić information content (AvgIpc) is 2.49. The molecule has 134 valence electrons. The molecule has 1 heterocycles. The maximum absolute atomic E-state index is 12.2. The van der Waals surface area contributed by atoms with E-state index in [1.807, 2.05) is 31.7 Å². The van der Waals surface area contributed by atoms with Gasteiger partial charge in [0, 0.05) is 30.1 Å². The number of carbonyl (C=O) groups excluding carboxylic acids is 1. The minimum Gasteiger partial charge on any atom is -0.444 e.